The number of hydrogen-bond donors (Lipinski definition) is 0. The molecule has 0 rings (SSSR count). The first-order valence-corrected chi connectivity index (χ1v) is 3.17. The van der Waals surface area contributed by atoms with E-state index in [1.54, 1.807) is 0 Å². The summed E-state index contributed by atoms with van der Waals surface area (Å²) in [7, 11) is 0. The van der Waals surface area contributed by atoms with Crippen LogP contribution in [0.1, 0.15) is 20.8 Å². The van der Waals surface area contributed by atoms with Crippen LogP contribution in [0.2, 0.25) is 0 Å². The Morgan fingerprint density at radius 3 is 2.00 bits per heavy atom. The van der Waals surface area contributed by atoms with Crippen molar-refractivity contribution in [3.05, 3.63) is 36.0 Å². The van der Waals surface area contributed by atoms with E-state index in [1.165, 1.54) is 5.57 Å². The van der Waals surface area contributed by atoms with Crippen molar-refractivity contribution in [1.82, 2.24) is 0 Å². The minimum atomic E-state index is 1.12. The molecule has 0 saturated carbocycles. The molecule has 0 amide bonds. The van der Waals surface area contributed by atoms with Crippen LogP contribution < -0.4 is 0 Å². The van der Waals surface area contributed by atoms with Crippen molar-refractivity contribution in [1.29, 1.82) is 0 Å². The minimum Gasteiger partial charge on any atom is -0.0955 e. The molecular formula is C9H14. The van der Waals surface area contributed by atoms with Gasteiger partial charge in [0, 0.05) is 0 Å². The average Bonchev–Trinajstić information content (AvgIpc) is 1.82. The predicted octanol–water partition coefficient (Wildman–Crippen LogP) is 3.08. The summed E-state index contributed by atoms with van der Waals surface area (Å²) in [5.74, 6) is 0. The summed E-state index contributed by atoms with van der Waals surface area (Å²) in [6.45, 7) is 9.86. The quantitative estimate of drug-likeness (QED) is 0.494. The van der Waals surface area contributed by atoms with Gasteiger partial charge in [-0.15, -0.1) is 0 Å². The third kappa shape index (κ3) is 2.91. The second-order valence-corrected chi connectivity index (χ2v) is 2.02. The van der Waals surface area contributed by atoms with E-state index in [4.69, 9.17) is 0 Å². The van der Waals surface area contributed by atoms with E-state index in [1.807, 2.05) is 26.8 Å². The normalized spacial score (nSPS) is 12.6. The minimum absolute atomic E-state index is 1.12. The summed E-state index contributed by atoms with van der Waals surface area (Å²) < 4.78 is 0. The summed E-state index contributed by atoms with van der Waals surface area (Å²) in [5, 5.41) is 0. The van der Waals surface area contributed by atoms with Crippen LogP contribution in [0.15, 0.2) is 36.0 Å². The van der Waals surface area contributed by atoms with Crippen LogP contribution in [0, 0.1) is 0 Å². The molecular weight excluding hydrogens is 108 g/mol. The molecule has 0 aromatic carbocycles. The van der Waals surface area contributed by atoms with Gasteiger partial charge in [0.25, 0.3) is 0 Å². The van der Waals surface area contributed by atoms with Gasteiger partial charge in [0.05, 0.1) is 0 Å². The first-order chi connectivity index (χ1) is 4.22. The van der Waals surface area contributed by atoms with Crippen LogP contribution in [0.25, 0.3) is 0 Å². The Bertz CT molecular complexity index is 147. The van der Waals surface area contributed by atoms with E-state index >= 15 is 0 Å². The van der Waals surface area contributed by atoms with Gasteiger partial charge in [-0.05, 0) is 26.3 Å². The zero-order valence-electron chi connectivity index (χ0n) is 6.44. The molecule has 0 aliphatic heterocycles. The Labute approximate surface area is 57.6 Å². The van der Waals surface area contributed by atoms with Gasteiger partial charge in [-0.2, -0.15) is 0 Å². The van der Waals surface area contributed by atoms with Crippen molar-refractivity contribution in [2.75, 3.05) is 0 Å². The molecule has 0 nitrogen and oxygen atoms in total. The lowest BCUT2D eigenvalue weighted by Crippen LogP contribution is -1.75. The molecule has 0 spiro atoms. The van der Waals surface area contributed by atoms with Gasteiger partial charge in [-0.3, -0.25) is 0 Å². The van der Waals surface area contributed by atoms with Gasteiger partial charge in [-0.25, -0.2) is 0 Å². The van der Waals surface area contributed by atoms with E-state index < -0.39 is 0 Å². The SMILES string of the molecule is C=C(C)C(/C=C\C)=C/C. The maximum absolute atomic E-state index is 3.83. The van der Waals surface area contributed by atoms with Gasteiger partial charge in [0.2, 0.25) is 0 Å². The largest absolute Gasteiger partial charge is 0.0955 e. The molecule has 0 aliphatic carbocycles. The highest BCUT2D eigenvalue weighted by Crippen LogP contribution is 2.06. The zero-order chi connectivity index (χ0) is 7.28. The Balaban J connectivity index is 4.19. The Hall–Kier alpha value is -0.780. The van der Waals surface area contributed by atoms with Crippen molar-refractivity contribution in [3.63, 3.8) is 0 Å². The monoisotopic (exact) mass is 122 g/mol. The number of allylic oxidation sites excluding steroid dienone is 5. The molecule has 0 heteroatoms. The Morgan fingerprint density at radius 2 is 1.89 bits per heavy atom. The fourth-order valence-electron chi connectivity index (χ4n) is 0.664. The topological polar surface area (TPSA) is 0 Å². The molecule has 9 heavy (non-hydrogen) atoms. The van der Waals surface area contributed by atoms with Crippen LogP contribution in [0.4, 0.5) is 0 Å². The number of rotatable bonds is 2. The van der Waals surface area contributed by atoms with E-state index in [0.717, 1.165) is 5.57 Å². The maximum atomic E-state index is 3.83. The van der Waals surface area contributed by atoms with Crippen molar-refractivity contribution < 1.29 is 0 Å². The molecule has 0 saturated heterocycles. The van der Waals surface area contributed by atoms with Crippen molar-refractivity contribution in [2.24, 2.45) is 0 Å². The fraction of sp³-hybridized carbons (Fsp3) is 0.333. The molecule has 50 valence electrons. The van der Waals surface area contributed by atoms with Crippen LogP contribution in [0.3, 0.4) is 0 Å². The van der Waals surface area contributed by atoms with E-state index in [0.29, 0.717) is 0 Å². The van der Waals surface area contributed by atoms with Crippen molar-refractivity contribution in [3.8, 4) is 0 Å². The molecule has 0 aromatic heterocycles. The molecule has 0 aliphatic rings. The van der Waals surface area contributed by atoms with Crippen molar-refractivity contribution >= 4 is 0 Å². The summed E-state index contributed by atoms with van der Waals surface area (Å²) in [5.41, 5.74) is 2.34. The highest BCUT2D eigenvalue weighted by atomic mass is 13.9. The summed E-state index contributed by atoms with van der Waals surface area (Å²) in [4.78, 5) is 0. The lowest BCUT2D eigenvalue weighted by molar-refractivity contribution is 1.42. The summed E-state index contributed by atoms with van der Waals surface area (Å²) in [6, 6.07) is 0. The second-order valence-electron chi connectivity index (χ2n) is 2.02. The summed E-state index contributed by atoms with van der Waals surface area (Å²) >= 11 is 0. The Morgan fingerprint density at radius 1 is 1.33 bits per heavy atom. The van der Waals surface area contributed by atoms with Gasteiger partial charge < -0.3 is 0 Å². The Kier molecular flexibility index (Phi) is 3.78. The predicted molar refractivity (Wildman–Crippen MR) is 43.4 cm³/mol. The van der Waals surface area contributed by atoms with Crippen molar-refractivity contribution in [2.45, 2.75) is 20.8 Å². The first kappa shape index (κ1) is 8.22. The molecule has 0 unspecified atom stereocenters. The number of hydrogen-bond acceptors (Lipinski definition) is 0. The van der Waals surface area contributed by atoms with E-state index in [-0.39, 0.29) is 0 Å². The fourth-order valence-corrected chi connectivity index (χ4v) is 0.664. The average molecular weight is 122 g/mol. The molecule has 0 aromatic rings. The first-order valence-electron chi connectivity index (χ1n) is 3.17. The third-order valence-electron chi connectivity index (χ3n) is 1.15. The van der Waals surface area contributed by atoms with Gasteiger partial charge >= 0.3 is 0 Å². The maximum Gasteiger partial charge on any atom is -0.0279 e. The van der Waals surface area contributed by atoms with Crippen LogP contribution in [0.5, 0.6) is 0 Å². The standard InChI is InChI=1S/C9H14/c1-5-7-9(6-2)8(3)4/h5-7H,3H2,1-2,4H3/b7-5-,9-6+. The van der Waals surface area contributed by atoms with E-state index in [2.05, 4.69) is 18.7 Å². The highest BCUT2D eigenvalue weighted by Gasteiger charge is 1.86. The van der Waals surface area contributed by atoms with Gasteiger partial charge in [0.15, 0.2) is 0 Å². The van der Waals surface area contributed by atoms with Crippen LogP contribution in [-0.4, -0.2) is 0 Å². The lowest BCUT2D eigenvalue weighted by Gasteiger charge is -1.95. The zero-order valence-corrected chi connectivity index (χ0v) is 6.44. The van der Waals surface area contributed by atoms with Gasteiger partial charge in [-0.1, -0.05) is 30.4 Å². The smallest absolute Gasteiger partial charge is 0.0279 e. The second kappa shape index (κ2) is 4.13. The molecule has 0 N–H and O–H groups in total. The molecule has 0 atom stereocenters. The molecule has 0 fully saturated rings. The highest BCUT2D eigenvalue weighted by molar-refractivity contribution is 5.35. The summed E-state index contributed by atoms with van der Waals surface area (Å²) in [6.07, 6.45) is 6.13. The van der Waals surface area contributed by atoms with Crippen LogP contribution in [-0.2, 0) is 0 Å². The lowest BCUT2D eigenvalue weighted by atomic mass is 10.1. The third-order valence-corrected chi connectivity index (χ3v) is 1.15. The van der Waals surface area contributed by atoms with Gasteiger partial charge in [0.1, 0.15) is 0 Å². The molecule has 0 heterocycles. The molecule has 0 radical (unpaired) electrons. The molecule has 0 bridgehead atoms. The van der Waals surface area contributed by atoms with E-state index in [9.17, 15) is 0 Å². The van der Waals surface area contributed by atoms with Crippen LogP contribution >= 0.6 is 0 Å².